The lowest BCUT2D eigenvalue weighted by Crippen LogP contribution is -2.47. The molecule has 0 saturated carbocycles. The maximum Gasteiger partial charge on any atom is 0.246 e. The van der Waals surface area contributed by atoms with Gasteiger partial charge in [0, 0.05) is 67.1 Å². The summed E-state index contributed by atoms with van der Waals surface area (Å²) in [6, 6.07) is 14.3. The number of carbonyl (C=O) groups is 1. The van der Waals surface area contributed by atoms with Crippen LogP contribution in [0.5, 0.6) is 5.75 Å². The Morgan fingerprint density at radius 3 is 2.57 bits per heavy atom. The second-order valence-electron chi connectivity index (χ2n) is 9.37. The number of carbonyl (C=O) groups excluding carboxylic acids is 1. The van der Waals surface area contributed by atoms with E-state index in [-0.39, 0.29) is 11.7 Å². The van der Waals surface area contributed by atoms with Crippen molar-refractivity contribution in [3.63, 3.8) is 0 Å². The van der Waals surface area contributed by atoms with Crippen molar-refractivity contribution in [2.75, 3.05) is 33.3 Å². The summed E-state index contributed by atoms with van der Waals surface area (Å²) < 4.78 is 25.1. The van der Waals surface area contributed by atoms with Gasteiger partial charge in [0.2, 0.25) is 5.91 Å². The molecule has 0 unspecified atom stereocenters. The molecule has 0 aliphatic carbocycles. The van der Waals surface area contributed by atoms with Crippen LogP contribution in [0, 0.1) is 12.7 Å². The van der Waals surface area contributed by atoms with Crippen molar-refractivity contribution in [2.24, 2.45) is 0 Å². The quantitative estimate of drug-likeness (QED) is 0.319. The van der Waals surface area contributed by atoms with Crippen molar-refractivity contribution in [1.82, 2.24) is 14.8 Å². The molecule has 3 heterocycles. The number of amides is 1. The predicted molar refractivity (Wildman–Crippen MR) is 143 cm³/mol. The van der Waals surface area contributed by atoms with E-state index >= 15 is 0 Å². The smallest absolute Gasteiger partial charge is 0.246 e. The van der Waals surface area contributed by atoms with Crippen LogP contribution in [0.1, 0.15) is 23.7 Å². The Kier molecular flexibility index (Phi) is 7.06. The van der Waals surface area contributed by atoms with Gasteiger partial charge in [-0.2, -0.15) is 0 Å². The number of benzene rings is 2. The minimum absolute atomic E-state index is 0.0132. The lowest BCUT2D eigenvalue weighted by Gasteiger charge is -2.34. The van der Waals surface area contributed by atoms with Crippen LogP contribution in [-0.2, 0) is 11.3 Å². The maximum atomic E-state index is 13.5. The third-order valence-electron chi connectivity index (χ3n) is 6.96. The van der Waals surface area contributed by atoms with E-state index in [2.05, 4.69) is 9.88 Å². The van der Waals surface area contributed by atoms with E-state index in [4.69, 9.17) is 9.15 Å². The summed E-state index contributed by atoms with van der Waals surface area (Å²) in [6.45, 7) is 7.60. The van der Waals surface area contributed by atoms with Crippen molar-refractivity contribution in [3.8, 4) is 16.9 Å². The van der Waals surface area contributed by atoms with Crippen molar-refractivity contribution in [2.45, 2.75) is 20.4 Å². The highest BCUT2D eigenvalue weighted by atomic mass is 19.1. The molecule has 4 aromatic rings. The zero-order valence-electron chi connectivity index (χ0n) is 21.3. The molecule has 7 heteroatoms. The Labute approximate surface area is 216 Å². The average molecular weight is 500 g/mol. The molecule has 0 N–H and O–H groups in total. The number of piperazine rings is 1. The van der Waals surface area contributed by atoms with Gasteiger partial charge in [-0.05, 0) is 55.3 Å². The fourth-order valence-corrected chi connectivity index (χ4v) is 4.93. The summed E-state index contributed by atoms with van der Waals surface area (Å²) in [6.07, 6.45) is 5.18. The van der Waals surface area contributed by atoms with E-state index in [1.165, 1.54) is 12.1 Å². The van der Waals surface area contributed by atoms with Gasteiger partial charge >= 0.3 is 0 Å². The van der Waals surface area contributed by atoms with E-state index in [1.54, 1.807) is 31.6 Å². The Hall–Kier alpha value is -3.97. The van der Waals surface area contributed by atoms with Crippen LogP contribution in [0.15, 0.2) is 71.5 Å². The topological polar surface area (TPSA) is 58.8 Å². The van der Waals surface area contributed by atoms with Crippen molar-refractivity contribution in [1.29, 1.82) is 0 Å². The highest BCUT2D eigenvalue weighted by Gasteiger charge is 2.22. The highest BCUT2D eigenvalue weighted by molar-refractivity contribution is 6.01. The number of ether oxygens (including phenoxy) is 1. The molecule has 1 saturated heterocycles. The number of furan rings is 1. The second-order valence-corrected chi connectivity index (χ2v) is 9.37. The Morgan fingerprint density at radius 2 is 1.89 bits per heavy atom. The summed E-state index contributed by atoms with van der Waals surface area (Å²) in [5, 5.41) is 0.892. The van der Waals surface area contributed by atoms with Gasteiger partial charge in [-0.1, -0.05) is 18.2 Å². The molecule has 2 aromatic heterocycles. The number of rotatable bonds is 6. The first kappa shape index (κ1) is 24.7. The maximum absolute atomic E-state index is 13.5. The molecule has 1 amide bonds. The van der Waals surface area contributed by atoms with E-state index in [1.807, 2.05) is 49.2 Å². The van der Waals surface area contributed by atoms with E-state index < -0.39 is 0 Å². The van der Waals surface area contributed by atoms with Crippen molar-refractivity contribution < 1.29 is 18.3 Å². The molecule has 0 bridgehead atoms. The van der Waals surface area contributed by atoms with E-state index in [0.29, 0.717) is 24.4 Å². The molecular weight excluding hydrogens is 469 g/mol. The first-order valence-corrected chi connectivity index (χ1v) is 12.4. The third-order valence-corrected chi connectivity index (χ3v) is 6.96. The molecule has 1 aliphatic rings. The lowest BCUT2D eigenvalue weighted by molar-refractivity contribution is -0.127. The summed E-state index contributed by atoms with van der Waals surface area (Å²) >= 11 is 0. The van der Waals surface area contributed by atoms with Gasteiger partial charge in [0.25, 0.3) is 0 Å². The van der Waals surface area contributed by atoms with Gasteiger partial charge in [0.05, 0.1) is 19.1 Å². The molecular formula is C30H30FN3O3. The summed E-state index contributed by atoms with van der Waals surface area (Å²) in [7, 11) is 1.62. The number of aromatic nitrogens is 1. The van der Waals surface area contributed by atoms with Gasteiger partial charge in [0.1, 0.15) is 17.1 Å². The van der Waals surface area contributed by atoms with Crippen LogP contribution < -0.4 is 4.74 Å². The SMILES string of the molecule is COc1c(/C(C)=C/C(=O)N2CCN(Cc3ccccn3)CC2)cc2c(-c3ccc(F)cc3)coc2c1C. The molecule has 1 fully saturated rings. The number of pyridine rings is 1. The normalized spacial score (nSPS) is 14.8. The number of nitrogens with zero attached hydrogens (tertiary/aromatic N) is 3. The van der Waals surface area contributed by atoms with Crippen LogP contribution in [0.25, 0.3) is 27.7 Å². The largest absolute Gasteiger partial charge is 0.496 e. The summed E-state index contributed by atoms with van der Waals surface area (Å²) in [4.78, 5) is 21.8. The fraction of sp³-hybridized carbons (Fsp3) is 0.267. The lowest BCUT2D eigenvalue weighted by atomic mass is 9.96. The number of fused-ring (bicyclic) bond motifs is 1. The summed E-state index contributed by atoms with van der Waals surface area (Å²) in [5.41, 5.74) is 5.97. The van der Waals surface area contributed by atoms with Crippen molar-refractivity contribution >= 4 is 22.4 Å². The fourth-order valence-electron chi connectivity index (χ4n) is 4.93. The number of methoxy groups -OCH3 is 1. The molecule has 5 rings (SSSR count). The zero-order chi connectivity index (χ0) is 25.9. The minimum atomic E-state index is -0.287. The van der Waals surface area contributed by atoms with E-state index in [0.717, 1.165) is 58.5 Å². The van der Waals surface area contributed by atoms with E-state index in [9.17, 15) is 9.18 Å². The number of allylic oxidation sites excluding steroid dienone is 1. The molecule has 190 valence electrons. The number of hydrogen-bond acceptors (Lipinski definition) is 5. The van der Waals surface area contributed by atoms with Crippen molar-refractivity contribution in [3.05, 3.63) is 89.7 Å². The monoisotopic (exact) mass is 499 g/mol. The first-order valence-electron chi connectivity index (χ1n) is 12.4. The molecule has 0 radical (unpaired) electrons. The van der Waals surface area contributed by atoms with Crippen LogP contribution in [0.3, 0.4) is 0 Å². The molecule has 37 heavy (non-hydrogen) atoms. The summed E-state index contributed by atoms with van der Waals surface area (Å²) in [5.74, 6) is 0.375. The third kappa shape index (κ3) is 5.13. The Morgan fingerprint density at radius 1 is 1.14 bits per heavy atom. The van der Waals surface area contributed by atoms with Crippen LogP contribution in [0.2, 0.25) is 0 Å². The van der Waals surface area contributed by atoms with Gasteiger partial charge in [-0.15, -0.1) is 0 Å². The average Bonchev–Trinajstić information content (AvgIpc) is 3.34. The zero-order valence-corrected chi connectivity index (χ0v) is 21.3. The van der Waals surface area contributed by atoms with Crippen LogP contribution >= 0.6 is 0 Å². The molecule has 6 nitrogen and oxygen atoms in total. The first-order chi connectivity index (χ1) is 17.9. The van der Waals surface area contributed by atoms with Gasteiger partial charge < -0.3 is 14.1 Å². The van der Waals surface area contributed by atoms with Gasteiger partial charge in [0.15, 0.2) is 0 Å². The van der Waals surface area contributed by atoms with Gasteiger partial charge in [-0.3, -0.25) is 14.7 Å². The van der Waals surface area contributed by atoms with Crippen LogP contribution in [-0.4, -0.2) is 54.0 Å². The second kappa shape index (κ2) is 10.6. The standard InChI is InChI=1S/C30H30FN3O3/c1-20(16-28(35)34-14-12-33(13-15-34)18-24-6-4-5-11-32-24)25-17-26-27(22-7-9-23(31)10-8-22)19-37-30(26)21(2)29(25)36-3/h4-11,16-17,19H,12-15,18H2,1-3H3/b20-16+. The van der Waals surface area contributed by atoms with Crippen LogP contribution in [0.4, 0.5) is 4.39 Å². The predicted octanol–water partition coefficient (Wildman–Crippen LogP) is 5.70. The number of hydrogen-bond donors (Lipinski definition) is 0. The number of halogens is 1. The molecule has 1 aliphatic heterocycles. The van der Waals surface area contributed by atoms with Gasteiger partial charge in [-0.25, -0.2) is 4.39 Å². The number of aryl methyl sites for hydroxylation is 1. The molecule has 0 spiro atoms. The Balaban J connectivity index is 1.37. The molecule has 2 aromatic carbocycles. The highest BCUT2D eigenvalue weighted by Crippen LogP contribution is 2.40. The minimum Gasteiger partial charge on any atom is -0.496 e. The molecule has 0 atom stereocenters. The Bertz CT molecular complexity index is 1440.